The van der Waals surface area contributed by atoms with E-state index >= 15 is 0 Å². The highest BCUT2D eigenvalue weighted by Gasteiger charge is 2.27. The van der Waals surface area contributed by atoms with Crippen molar-refractivity contribution >= 4 is 19.0 Å². The summed E-state index contributed by atoms with van der Waals surface area (Å²) >= 11 is 0. The van der Waals surface area contributed by atoms with E-state index in [1.165, 1.54) is 30.6 Å². The highest BCUT2D eigenvalue weighted by atomic mass is 19.2. The van der Waals surface area contributed by atoms with Gasteiger partial charge in [0.25, 0.3) is 0 Å². The molecular weight excluding hydrogens is 257 g/mol. The van der Waals surface area contributed by atoms with Crippen LogP contribution in [0.4, 0.5) is 8.63 Å². The number of rotatable bonds is 5. The molecule has 8 heteroatoms. The number of aromatic nitrogens is 2. The Morgan fingerprint density at radius 2 is 1.74 bits per heavy atom. The van der Waals surface area contributed by atoms with Crippen molar-refractivity contribution in [1.29, 1.82) is 0 Å². The van der Waals surface area contributed by atoms with Crippen LogP contribution in [0.1, 0.15) is 16.2 Å². The van der Waals surface area contributed by atoms with Crippen molar-refractivity contribution in [2.75, 3.05) is 0 Å². The van der Waals surface area contributed by atoms with Crippen molar-refractivity contribution in [2.45, 2.75) is 0 Å². The molecule has 0 amide bonds. The number of allylic oxidation sites excluding steroid dienone is 1. The average Bonchev–Trinajstić information content (AvgIpc) is 3.05. The van der Waals surface area contributed by atoms with Gasteiger partial charge in [0.05, 0.1) is 11.4 Å². The molecule has 2 heterocycles. The Balaban J connectivity index is 2.40. The molecule has 5 nitrogen and oxygen atoms in total. The minimum atomic E-state index is -3.16. The second kappa shape index (κ2) is 5.43. The number of aliphatic hydroxyl groups is 1. The van der Waals surface area contributed by atoms with E-state index in [2.05, 4.69) is 14.6 Å². The molecule has 0 aliphatic carbocycles. The summed E-state index contributed by atoms with van der Waals surface area (Å²) in [4.78, 5) is 17.0. The fourth-order valence-corrected chi connectivity index (χ4v) is 1.51. The van der Waals surface area contributed by atoms with Gasteiger partial charge in [-0.1, -0.05) is 0 Å². The fraction of sp³-hybridized carbons (Fsp3) is 0. The fourth-order valence-electron chi connectivity index (χ4n) is 1.51. The molecule has 0 saturated carbocycles. The molecular formula is C11H9BF2N2O3. The maximum atomic E-state index is 12.3. The monoisotopic (exact) mass is 266 g/mol. The molecule has 0 radical (unpaired) electrons. The third-order valence-corrected chi connectivity index (χ3v) is 2.32. The van der Waals surface area contributed by atoms with E-state index in [-0.39, 0.29) is 11.4 Å². The number of hydrogen-bond donors (Lipinski definition) is 3. The number of nitrogens with one attached hydrogen (secondary N) is 2. The number of halogens is 2. The minimum absolute atomic E-state index is 0.0689. The SMILES string of the molecule is O=C(/C(O)=C(\OB(F)F)c1ccc[nH]1)c1ccc[nH]1. The molecule has 2 rings (SSSR count). The molecule has 98 valence electrons. The van der Waals surface area contributed by atoms with Crippen LogP contribution in [-0.2, 0) is 4.65 Å². The minimum Gasteiger partial charge on any atom is -0.501 e. The van der Waals surface area contributed by atoms with Gasteiger partial charge in [0.15, 0.2) is 5.76 Å². The van der Waals surface area contributed by atoms with E-state index < -0.39 is 24.8 Å². The normalized spacial score (nSPS) is 11.9. The molecule has 0 aliphatic rings. The first-order valence-electron chi connectivity index (χ1n) is 5.29. The van der Waals surface area contributed by atoms with E-state index in [1.54, 1.807) is 6.07 Å². The lowest BCUT2D eigenvalue weighted by molar-refractivity contribution is 0.0970. The van der Waals surface area contributed by atoms with Crippen LogP contribution >= 0.6 is 0 Å². The van der Waals surface area contributed by atoms with Crippen LogP contribution in [0.15, 0.2) is 42.4 Å². The Bertz CT molecular complexity index is 579. The number of aromatic amines is 2. The Morgan fingerprint density at radius 1 is 1.16 bits per heavy atom. The summed E-state index contributed by atoms with van der Waals surface area (Å²) in [5, 5.41) is 9.80. The maximum Gasteiger partial charge on any atom is 0.796 e. The van der Waals surface area contributed by atoms with Crippen LogP contribution in [0.5, 0.6) is 0 Å². The molecule has 0 unspecified atom stereocenters. The highest BCUT2D eigenvalue weighted by molar-refractivity contribution is 6.36. The van der Waals surface area contributed by atoms with Gasteiger partial charge >= 0.3 is 7.47 Å². The van der Waals surface area contributed by atoms with E-state index in [1.807, 2.05) is 0 Å². The molecule has 0 fully saturated rings. The Hall–Kier alpha value is -2.51. The lowest BCUT2D eigenvalue weighted by Crippen LogP contribution is -2.12. The molecule has 2 aromatic rings. The van der Waals surface area contributed by atoms with Crippen LogP contribution in [-0.4, -0.2) is 28.3 Å². The number of aliphatic hydroxyl groups excluding tert-OH is 1. The summed E-state index contributed by atoms with van der Waals surface area (Å²) in [6.07, 6.45) is 2.93. The molecule has 2 aromatic heterocycles. The molecule has 0 spiro atoms. The van der Waals surface area contributed by atoms with Crippen LogP contribution < -0.4 is 0 Å². The number of Topliss-reactive ketones (excluding diaryl/α,β-unsaturated/α-hetero) is 1. The zero-order valence-electron chi connectivity index (χ0n) is 9.56. The van der Waals surface area contributed by atoms with Gasteiger partial charge in [0, 0.05) is 12.4 Å². The van der Waals surface area contributed by atoms with Gasteiger partial charge in [-0.15, -0.1) is 0 Å². The van der Waals surface area contributed by atoms with Crippen molar-refractivity contribution in [3.8, 4) is 0 Å². The zero-order chi connectivity index (χ0) is 13.8. The summed E-state index contributed by atoms with van der Waals surface area (Å²) in [5.41, 5.74) is 0.150. The topological polar surface area (TPSA) is 78.1 Å². The van der Waals surface area contributed by atoms with Crippen molar-refractivity contribution in [2.24, 2.45) is 0 Å². The first kappa shape index (κ1) is 12.9. The Morgan fingerprint density at radius 3 is 2.21 bits per heavy atom. The number of carbonyl (C=O) groups excluding carboxylic acids is 1. The first-order chi connectivity index (χ1) is 9.09. The van der Waals surface area contributed by atoms with Crippen LogP contribution in [0.3, 0.4) is 0 Å². The van der Waals surface area contributed by atoms with Crippen molar-refractivity contribution < 1.29 is 23.2 Å². The molecule has 3 N–H and O–H groups in total. The number of carbonyl (C=O) groups is 1. The van der Waals surface area contributed by atoms with Crippen LogP contribution in [0, 0.1) is 0 Å². The van der Waals surface area contributed by atoms with Gasteiger partial charge in [0.2, 0.25) is 11.5 Å². The first-order valence-corrected chi connectivity index (χ1v) is 5.29. The van der Waals surface area contributed by atoms with Crippen molar-refractivity contribution in [3.63, 3.8) is 0 Å². The largest absolute Gasteiger partial charge is 0.796 e. The molecule has 0 aromatic carbocycles. The Kier molecular flexibility index (Phi) is 3.70. The maximum absolute atomic E-state index is 12.3. The summed E-state index contributed by atoms with van der Waals surface area (Å²) in [7, 11) is -3.16. The lowest BCUT2D eigenvalue weighted by Gasteiger charge is -2.08. The summed E-state index contributed by atoms with van der Waals surface area (Å²) < 4.78 is 28.9. The predicted molar refractivity (Wildman–Crippen MR) is 64.5 cm³/mol. The van der Waals surface area contributed by atoms with Crippen LogP contribution in [0.25, 0.3) is 5.76 Å². The number of H-pyrrole nitrogens is 2. The van der Waals surface area contributed by atoms with E-state index in [4.69, 9.17) is 0 Å². The molecule has 0 bridgehead atoms. The van der Waals surface area contributed by atoms with E-state index in [0.717, 1.165) is 0 Å². The standard InChI is InChI=1S/C11H9BF2N2O3/c13-12(14)19-11(8-4-2-6-16-8)10(18)9(17)7-3-1-5-15-7/h1-6,15-16,18H/b11-10+. The van der Waals surface area contributed by atoms with E-state index in [0.29, 0.717) is 0 Å². The smallest absolute Gasteiger partial charge is 0.501 e. The van der Waals surface area contributed by atoms with Gasteiger partial charge in [-0.2, -0.15) is 0 Å². The second-order valence-corrected chi connectivity index (χ2v) is 3.55. The quantitative estimate of drug-likeness (QED) is 0.336. The van der Waals surface area contributed by atoms with Gasteiger partial charge in [0.1, 0.15) is 0 Å². The lowest BCUT2D eigenvalue weighted by atomic mass is 10.2. The Labute approximate surface area is 107 Å². The van der Waals surface area contributed by atoms with Gasteiger partial charge < -0.3 is 19.7 Å². The molecule has 19 heavy (non-hydrogen) atoms. The predicted octanol–water partition coefficient (Wildman–Crippen LogP) is 2.39. The highest BCUT2D eigenvalue weighted by Crippen LogP contribution is 2.21. The van der Waals surface area contributed by atoms with Gasteiger partial charge in [-0.05, 0) is 24.3 Å². The van der Waals surface area contributed by atoms with Crippen molar-refractivity contribution in [3.05, 3.63) is 53.8 Å². The number of hydrogen-bond acceptors (Lipinski definition) is 3. The third-order valence-electron chi connectivity index (χ3n) is 2.32. The molecule has 0 atom stereocenters. The average molecular weight is 266 g/mol. The zero-order valence-corrected chi connectivity index (χ0v) is 9.56. The number of ketones is 1. The van der Waals surface area contributed by atoms with E-state index in [9.17, 15) is 18.5 Å². The summed E-state index contributed by atoms with van der Waals surface area (Å²) in [5.74, 6) is -2.33. The van der Waals surface area contributed by atoms with Crippen molar-refractivity contribution in [1.82, 2.24) is 9.97 Å². The summed E-state index contributed by atoms with van der Waals surface area (Å²) in [6.45, 7) is 0. The second-order valence-electron chi connectivity index (χ2n) is 3.55. The van der Waals surface area contributed by atoms with Crippen LogP contribution in [0.2, 0.25) is 0 Å². The van der Waals surface area contributed by atoms with Gasteiger partial charge in [-0.3, -0.25) is 4.79 Å². The molecule has 0 saturated heterocycles. The van der Waals surface area contributed by atoms with Gasteiger partial charge in [-0.25, -0.2) is 8.63 Å². The summed E-state index contributed by atoms with van der Waals surface area (Å²) in [6, 6.07) is 5.88. The molecule has 0 aliphatic heterocycles. The third kappa shape index (κ3) is 2.84.